The van der Waals surface area contributed by atoms with E-state index < -0.39 is 0 Å². The van der Waals surface area contributed by atoms with Gasteiger partial charge in [0.2, 0.25) is 0 Å². The molecule has 0 aliphatic heterocycles. The van der Waals surface area contributed by atoms with E-state index in [1.807, 2.05) is 0 Å². The second-order valence-corrected chi connectivity index (χ2v) is 3.43. The van der Waals surface area contributed by atoms with Gasteiger partial charge in [-0.15, -0.1) is 11.6 Å². The van der Waals surface area contributed by atoms with Crippen LogP contribution in [0.1, 0.15) is 24.4 Å². The Hall–Kier alpha value is -0.890. The number of hydrogen-bond donors (Lipinski definition) is 0. The molecular weight excluding hydrogens is 201 g/mol. The van der Waals surface area contributed by atoms with Crippen LogP contribution in [0, 0.1) is 5.82 Å². The van der Waals surface area contributed by atoms with E-state index in [-0.39, 0.29) is 11.9 Å². The number of nitrogens with zero attached hydrogens (tertiary/aromatic N) is 1. The van der Waals surface area contributed by atoms with Gasteiger partial charge in [-0.1, -0.05) is 18.2 Å². The van der Waals surface area contributed by atoms with E-state index in [1.54, 1.807) is 18.2 Å². The Balaban J connectivity index is 2.78. The molecule has 1 rings (SSSR count). The Bertz CT molecular complexity index is 301. The Kier molecular flexibility index (Phi) is 4.60. The van der Waals surface area contributed by atoms with Gasteiger partial charge in [0.05, 0.1) is 6.04 Å². The standard InChI is InChI=1S/C11H13ClFN/c1-14-11(7-4-8-12)9-5-2-3-6-10(9)13/h2-3,5-6,11H,1,4,7-8H2/t11-/m1/s1. The van der Waals surface area contributed by atoms with Crippen molar-refractivity contribution < 1.29 is 4.39 Å². The maximum atomic E-state index is 13.3. The largest absolute Gasteiger partial charge is 0.293 e. The predicted molar refractivity (Wildman–Crippen MR) is 58.6 cm³/mol. The molecule has 14 heavy (non-hydrogen) atoms. The van der Waals surface area contributed by atoms with Gasteiger partial charge >= 0.3 is 0 Å². The highest BCUT2D eigenvalue weighted by Gasteiger charge is 2.12. The minimum Gasteiger partial charge on any atom is -0.293 e. The molecule has 0 unspecified atom stereocenters. The van der Waals surface area contributed by atoms with Gasteiger partial charge in [0.1, 0.15) is 5.82 Å². The second kappa shape index (κ2) is 5.76. The van der Waals surface area contributed by atoms with Gasteiger partial charge in [0.15, 0.2) is 0 Å². The molecule has 1 atom stereocenters. The minimum atomic E-state index is -0.223. The molecule has 1 nitrogen and oxygen atoms in total. The summed E-state index contributed by atoms with van der Waals surface area (Å²) in [5, 5.41) is 0. The first-order valence-electron chi connectivity index (χ1n) is 4.55. The summed E-state index contributed by atoms with van der Waals surface area (Å²) in [6.07, 6.45) is 1.56. The van der Waals surface area contributed by atoms with E-state index in [0.29, 0.717) is 11.4 Å². The van der Waals surface area contributed by atoms with Crippen molar-refractivity contribution in [3.05, 3.63) is 35.6 Å². The van der Waals surface area contributed by atoms with Crippen LogP contribution in [0.15, 0.2) is 29.3 Å². The highest BCUT2D eigenvalue weighted by molar-refractivity contribution is 6.17. The fourth-order valence-electron chi connectivity index (χ4n) is 1.36. The Morgan fingerprint density at radius 1 is 1.43 bits per heavy atom. The Morgan fingerprint density at radius 3 is 2.71 bits per heavy atom. The van der Waals surface area contributed by atoms with Gasteiger partial charge < -0.3 is 0 Å². The summed E-state index contributed by atoms with van der Waals surface area (Å²) in [6, 6.07) is 6.48. The molecule has 0 spiro atoms. The molecule has 0 bridgehead atoms. The monoisotopic (exact) mass is 213 g/mol. The van der Waals surface area contributed by atoms with Gasteiger partial charge in [-0.2, -0.15) is 0 Å². The maximum absolute atomic E-state index is 13.3. The third kappa shape index (κ3) is 2.81. The van der Waals surface area contributed by atoms with E-state index in [2.05, 4.69) is 11.7 Å². The lowest BCUT2D eigenvalue weighted by Crippen LogP contribution is -1.99. The van der Waals surface area contributed by atoms with E-state index in [0.717, 1.165) is 12.8 Å². The number of rotatable bonds is 5. The number of alkyl halides is 1. The van der Waals surface area contributed by atoms with Gasteiger partial charge in [-0.3, -0.25) is 4.99 Å². The molecule has 0 fully saturated rings. The zero-order chi connectivity index (χ0) is 10.4. The lowest BCUT2D eigenvalue weighted by molar-refractivity contribution is 0.563. The van der Waals surface area contributed by atoms with Crippen LogP contribution < -0.4 is 0 Å². The summed E-state index contributed by atoms with van der Waals surface area (Å²) in [6.45, 7) is 3.47. The molecule has 3 heteroatoms. The fourth-order valence-corrected chi connectivity index (χ4v) is 1.52. The number of aliphatic imine (C=N–C) groups is 1. The molecule has 0 radical (unpaired) electrons. The van der Waals surface area contributed by atoms with Crippen LogP contribution in [0.2, 0.25) is 0 Å². The summed E-state index contributed by atoms with van der Waals surface area (Å²) in [5.74, 6) is 0.347. The molecule has 0 N–H and O–H groups in total. The van der Waals surface area contributed by atoms with Gasteiger partial charge in [-0.25, -0.2) is 4.39 Å². The Morgan fingerprint density at radius 2 is 2.14 bits per heavy atom. The van der Waals surface area contributed by atoms with Crippen molar-refractivity contribution in [2.24, 2.45) is 4.99 Å². The molecule has 0 aliphatic rings. The third-order valence-corrected chi connectivity index (χ3v) is 2.36. The summed E-state index contributed by atoms with van der Waals surface area (Å²) >= 11 is 5.57. The van der Waals surface area contributed by atoms with Gasteiger partial charge in [-0.05, 0) is 25.6 Å². The van der Waals surface area contributed by atoms with Crippen LogP contribution in [0.5, 0.6) is 0 Å². The zero-order valence-electron chi connectivity index (χ0n) is 7.92. The van der Waals surface area contributed by atoms with Crippen molar-refractivity contribution in [2.75, 3.05) is 5.88 Å². The zero-order valence-corrected chi connectivity index (χ0v) is 8.67. The quantitative estimate of drug-likeness (QED) is 0.524. The first kappa shape index (κ1) is 11.2. The maximum Gasteiger partial charge on any atom is 0.128 e. The highest BCUT2D eigenvalue weighted by Crippen LogP contribution is 2.24. The van der Waals surface area contributed by atoms with Crippen molar-refractivity contribution in [1.29, 1.82) is 0 Å². The lowest BCUT2D eigenvalue weighted by atomic mass is 10.0. The first-order valence-corrected chi connectivity index (χ1v) is 5.09. The molecule has 0 aliphatic carbocycles. The third-order valence-electron chi connectivity index (χ3n) is 2.10. The predicted octanol–water partition coefficient (Wildman–Crippen LogP) is 3.59. The number of benzene rings is 1. The van der Waals surface area contributed by atoms with E-state index >= 15 is 0 Å². The summed E-state index contributed by atoms with van der Waals surface area (Å²) in [4.78, 5) is 3.91. The minimum absolute atomic E-state index is 0.171. The molecule has 0 saturated heterocycles. The Labute approximate surface area is 88.6 Å². The average Bonchev–Trinajstić information content (AvgIpc) is 2.21. The molecular formula is C11H13ClFN. The SMILES string of the molecule is C=N[C@H](CCCCl)c1ccccc1F. The van der Waals surface area contributed by atoms with E-state index in [4.69, 9.17) is 11.6 Å². The van der Waals surface area contributed by atoms with Crippen molar-refractivity contribution in [3.8, 4) is 0 Å². The molecule has 0 amide bonds. The normalized spacial score (nSPS) is 12.4. The summed E-state index contributed by atoms with van der Waals surface area (Å²) in [5.41, 5.74) is 0.604. The van der Waals surface area contributed by atoms with Gasteiger partial charge in [0.25, 0.3) is 0 Å². The second-order valence-electron chi connectivity index (χ2n) is 3.05. The van der Waals surface area contributed by atoms with Gasteiger partial charge in [0, 0.05) is 11.4 Å². The number of halogens is 2. The smallest absolute Gasteiger partial charge is 0.128 e. The molecule has 1 aromatic carbocycles. The van der Waals surface area contributed by atoms with Crippen molar-refractivity contribution in [3.63, 3.8) is 0 Å². The lowest BCUT2D eigenvalue weighted by Gasteiger charge is -2.11. The topological polar surface area (TPSA) is 12.4 Å². The van der Waals surface area contributed by atoms with Crippen molar-refractivity contribution in [2.45, 2.75) is 18.9 Å². The summed E-state index contributed by atoms with van der Waals surface area (Å²) in [7, 11) is 0. The summed E-state index contributed by atoms with van der Waals surface area (Å²) < 4.78 is 13.3. The fraction of sp³-hybridized carbons (Fsp3) is 0.364. The molecule has 76 valence electrons. The number of hydrogen-bond acceptors (Lipinski definition) is 1. The first-order chi connectivity index (χ1) is 6.79. The van der Waals surface area contributed by atoms with Crippen LogP contribution in [-0.2, 0) is 0 Å². The highest BCUT2D eigenvalue weighted by atomic mass is 35.5. The van der Waals surface area contributed by atoms with Crippen molar-refractivity contribution in [1.82, 2.24) is 0 Å². The van der Waals surface area contributed by atoms with Crippen LogP contribution >= 0.6 is 11.6 Å². The van der Waals surface area contributed by atoms with Crippen LogP contribution in [0.3, 0.4) is 0 Å². The van der Waals surface area contributed by atoms with Crippen LogP contribution in [0.25, 0.3) is 0 Å². The van der Waals surface area contributed by atoms with E-state index in [1.165, 1.54) is 6.07 Å². The van der Waals surface area contributed by atoms with E-state index in [9.17, 15) is 4.39 Å². The molecule has 0 saturated carbocycles. The average molecular weight is 214 g/mol. The van der Waals surface area contributed by atoms with Crippen molar-refractivity contribution >= 4 is 18.3 Å². The molecule has 0 aromatic heterocycles. The molecule has 1 aromatic rings. The van der Waals surface area contributed by atoms with Crippen LogP contribution in [-0.4, -0.2) is 12.6 Å². The van der Waals surface area contributed by atoms with Crippen LogP contribution in [0.4, 0.5) is 4.39 Å². The molecule has 0 heterocycles.